The van der Waals surface area contributed by atoms with Crippen molar-refractivity contribution in [3.05, 3.63) is 23.8 Å². The molecule has 3 aliphatic rings. The van der Waals surface area contributed by atoms with Gasteiger partial charge in [-0.05, 0) is 119 Å². The van der Waals surface area contributed by atoms with Crippen LogP contribution in [0.5, 0.6) is 0 Å². The summed E-state index contributed by atoms with van der Waals surface area (Å²) in [6, 6.07) is 0. The zero-order chi connectivity index (χ0) is 19.2. The number of rotatable bonds is 5. The lowest BCUT2D eigenvalue weighted by atomic mass is 9.69. The Balaban J connectivity index is 1.40. The SMILES string of the molecule is CC(=CC1CCC(C2CCC(C)CC2)CC1)C1CCC(CC=C(F)F)CC1. The molecule has 0 aromatic heterocycles. The maximum Gasteiger partial charge on any atom is 0.266 e. The van der Waals surface area contributed by atoms with Gasteiger partial charge in [-0.15, -0.1) is 0 Å². The fourth-order valence-electron chi connectivity index (χ4n) is 6.16. The van der Waals surface area contributed by atoms with Crippen molar-refractivity contribution in [2.45, 2.75) is 97.3 Å². The number of hydrogen-bond donors (Lipinski definition) is 0. The summed E-state index contributed by atoms with van der Waals surface area (Å²) < 4.78 is 24.5. The first-order valence-electron chi connectivity index (χ1n) is 11.7. The third kappa shape index (κ3) is 6.43. The zero-order valence-electron chi connectivity index (χ0n) is 17.6. The van der Waals surface area contributed by atoms with Gasteiger partial charge in [-0.3, -0.25) is 0 Å². The van der Waals surface area contributed by atoms with Crippen molar-refractivity contribution in [1.29, 1.82) is 0 Å². The maximum atomic E-state index is 12.3. The summed E-state index contributed by atoms with van der Waals surface area (Å²) in [5.74, 6) is 4.96. The molecule has 0 heterocycles. The van der Waals surface area contributed by atoms with Crippen LogP contribution in [-0.4, -0.2) is 0 Å². The summed E-state index contributed by atoms with van der Waals surface area (Å²) in [6.45, 7) is 4.75. The average molecular weight is 379 g/mol. The molecular weight excluding hydrogens is 338 g/mol. The Labute approximate surface area is 165 Å². The molecule has 0 bridgehead atoms. The van der Waals surface area contributed by atoms with E-state index in [0.717, 1.165) is 42.6 Å². The molecule has 0 radical (unpaired) electrons. The fourth-order valence-corrected chi connectivity index (χ4v) is 6.16. The molecule has 0 saturated heterocycles. The van der Waals surface area contributed by atoms with Gasteiger partial charge in [0.2, 0.25) is 0 Å². The van der Waals surface area contributed by atoms with Gasteiger partial charge in [-0.2, -0.15) is 8.78 Å². The van der Waals surface area contributed by atoms with Crippen LogP contribution in [0.15, 0.2) is 23.8 Å². The van der Waals surface area contributed by atoms with Crippen LogP contribution in [-0.2, 0) is 0 Å². The predicted molar refractivity (Wildman–Crippen MR) is 111 cm³/mol. The van der Waals surface area contributed by atoms with Gasteiger partial charge in [0.1, 0.15) is 0 Å². The molecule has 3 rings (SSSR count). The highest BCUT2D eigenvalue weighted by atomic mass is 19.3. The van der Waals surface area contributed by atoms with Crippen LogP contribution in [0.25, 0.3) is 0 Å². The van der Waals surface area contributed by atoms with Crippen LogP contribution in [0.4, 0.5) is 8.78 Å². The maximum absolute atomic E-state index is 12.3. The summed E-state index contributed by atoms with van der Waals surface area (Å²) in [5, 5.41) is 0. The van der Waals surface area contributed by atoms with Crippen LogP contribution in [0, 0.1) is 35.5 Å². The van der Waals surface area contributed by atoms with Gasteiger partial charge in [-0.1, -0.05) is 31.4 Å². The van der Waals surface area contributed by atoms with Crippen LogP contribution in [0.2, 0.25) is 0 Å². The highest BCUT2D eigenvalue weighted by Gasteiger charge is 2.30. The van der Waals surface area contributed by atoms with Gasteiger partial charge in [0.25, 0.3) is 6.08 Å². The Morgan fingerprint density at radius 1 is 0.778 bits per heavy atom. The van der Waals surface area contributed by atoms with Gasteiger partial charge in [0.15, 0.2) is 0 Å². The molecule has 0 N–H and O–H groups in total. The van der Waals surface area contributed by atoms with E-state index in [2.05, 4.69) is 19.9 Å². The van der Waals surface area contributed by atoms with E-state index in [1.165, 1.54) is 64.2 Å². The van der Waals surface area contributed by atoms with E-state index in [9.17, 15) is 8.78 Å². The molecule has 0 amide bonds. The second-order valence-corrected chi connectivity index (χ2v) is 10.1. The van der Waals surface area contributed by atoms with Crippen molar-refractivity contribution < 1.29 is 8.78 Å². The van der Waals surface area contributed by atoms with Crippen LogP contribution < -0.4 is 0 Å². The second kappa shape index (κ2) is 10.2. The minimum atomic E-state index is -1.51. The molecule has 0 unspecified atom stereocenters. The molecule has 3 saturated carbocycles. The third-order valence-corrected chi connectivity index (χ3v) is 8.14. The van der Waals surface area contributed by atoms with E-state index in [1.807, 2.05) is 0 Å². The van der Waals surface area contributed by atoms with Crippen LogP contribution in [0.3, 0.4) is 0 Å². The molecule has 154 valence electrons. The van der Waals surface area contributed by atoms with E-state index in [4.69, 9.17) is 0 Å². The normalized spacial score (nSPS) is 38.4. The molecule has 0 aromatic carbocycles. The van der Waals surface area contributed by atoms with Crippen molar-refractivity contribution in [3.8, 4) is 0 Å². The molecule has 3 fully saturated rings. The van der Waals surface area contributed by atoms with Crippen molar-refractivity contribution in [3.63, 3.8) is 0 Å². The molecular formula is C25H40F2. The Morgan fingerprint density at radius 2 is 1.33 bits per heavy atom. The topological polar surface area (TPSA) is 0 Å². The number of allylic oxidation sites excluding steroid dienone is 3. The Bertz CT molecular complexity index is 492. The van der Waals surface area contributed by atoms with Crippen LogP contribution >= 0.6 is 0 Å². The molecule has 3 aliphatic carbocycles. The lowest BCUT2D eigenvalue weighted by Crippen LogP contribution is -2.25. The third-order valence-electron chi connectivity index (χ3n) is 8.14. The van der Waals surface area contributed by atoms with E-state index < -0.39 is 6.08 Å². The van der Waals surface area contributed by atoms with E-state index in [1.54, 1.807) is 5.57 Å². The minimum absolute atomic E-state index is 0.476. The summed E-state index contributed by atoms with van der Waals surface area (Å²) >= 11 is 0. The molecule has 0 atom stereocenters. The lowest BCUT2D eigenvalue weighted by Gasteiger charge is -2.37. The predicted octanol–water partition coefficient (Wildman–Crippen LogP) is 8.54. The van der Waals surface area contributed by atoms with Crippen molar-refractivity contribution in [2.75, 3.05) is 0 Å². The summed E-state index contributed by atoms with van der Waals surface area (Å²) in [6.07, 6.45) is 19.0. The molecule has 0 nitrogen and oxygen atoms in total. The van der Waals surface area contributed by atoms with E-state index >= 15 is 0 Å². The van der Waals surface area contributed by atoms with Gasteiger partial charge in [-0.25, -0.2) is 0 Å². The molecule has 0 aliphatic heterocycles. The Hall–Kier alpha value is -0.660. The smallest absolute Gasteiger partial charge is 0.174 e. The summed E-state index contributed by atoms with van der Waals surface area (Å²) in [7, 11) is 0. The first kappa shape index (κ1) is 21.1. The standard InChI is InChI=1S/C25H40F2/c1-18-3-10-23(11-4-18)24-14-7-21(8-15-24)17-19(2)22-12-5-20(6-13-22)9-16-25(26)27/h16-18,20-24H,3-15H2,1-2H3. The summed E-state index contributed by atoms with van der Waals surface area (Å²) in [5.41, 5.74) is 1.59. The molecule has 0 aromatic rings. The highest BCUT2D eigenvalue weighted by Crippen LogP contribution is 2.42. The van der Waals surface area contributed by atoms with Crippen molar-refractivity contribution in [2.24, 2.45) is 35.5 Å². The fraction of sp³-hybridized carbons (Fsp3) is 0.840. The minimum Gasteiger partial charge on any atom is -0.174 e. The zero-order valence-corrected chi connectivity index (χ0v) is 17.6. The molecule has 0 spiro atoms. The van der Waals surface area contributed by atoms with Gasteiger partial charge in [0, 0.05) is 0 Å². The Kier molecular flexibility index (Phi) is 7.97. The quantitative estimate of drug-likeness (QED) is 0.420. The second-order valence-electron chi connectivity index (χ2n) is 10.1. The van der Waals surface area contributed by atoms with E-state index in [-0.39, 0.29) is 0 Å². The number of halogens is 2. The molecule has 2 heteroatoms. The monoisotopic (exact) mass is 378 g/mol. The largest absolute Gasteiger partial charge is 0.266 e. The first-order chi connectivity index (χ1) is 13.0. The first-order valence-corrected chi connectivity index (χ1v) is 11.7. The van der Waals surface area contributed by atoms with E-state index in [0.29, 0.717) is 18.3 Å². The van der Waals surface area contributed by atoms with Gasteiger partial charge < -0.3 is 0 Å². The molecule has 27 heavy (non-hydrogen) atoms. The lowest BCUT2D eigenvalue weighted by molar-refractivity contribution is 0.160. The summed E-state index contributed by atoms with van der Waals surface area (Å²) in [4.78, 5) is 0. The van der Waals surface area contributed by atoms with Gasteiger partial charge >= 0.3 is 0 Å². The van der Waals surface area contributed by atoms with Crippen molar-refractivity contribution in [1.82, 2.24) is 0 Å². The Morgan fingerprint density at radius 3 is 1.89 bits per heavy atom. The highest BCUT2D eigenvalue weighted by molar-refractivity contribution is 5.08. The van der Waals surface area contributed by atoms with Crippen LogP contribution in [0.1, 0.15) is 97.3 Å². The number of hydrogen-bond acceptors (Lipinski definition) is 0. The van der Waals surface area contributed by atoms with Gasteiger partial charge in [0.05, 0.1) is 0 Å². The van der Waals surface area contributed by atoms with Crippen molar-refractivity contribution >= 4 is 0 Å². The average Bonchev–Trinajstić information content (AvgIpc) is 2.68.